The molecule has 0 spiro atoms. The molecule has 5 heteroatoms. The van der Waals surface area contributed by atoms with Gasteiger partial charge in [-0.2, -0.15) is 0 Å². The molecule has 112 valence electrons. The minimum atomic E-state index is -0.118. The highest BCUT2D eigenvalue weighted by atomic mass is 35.5. The lowest BCUT2D eigenvalue weighted by molar-refractivity contribution is -0.117. The van der Waals surface area contributed by atoms with E-state index >= 15 is 0 Å². The van der Waals surface area contributed by atoms with Crippen LogP contribution in [-0.4, -0.2) is 19.1 Å². The fraction of sp³-hybridized carbons (Fsp3) is 0.533. The number of carbonyl (C=O) groups excluding carboxylic acids is 1. The molecule has 0 aliphatic carbocycles. The van der Waals surface area contributed by atoms with Crippen LogP contribution >= 0.6 is 11.6 Å². The van der Waals surface area contributed by atoms with Crippen LogP contribution in [0.1, 0.15) is 39.0 Å². The van der Waals surface area contributed by atoms with Crippen LogP contribution < -0.4 is 11.1 Å². The second-order valence-corrected chi connectivity index (χ2v) is 5.14. The van der Waals surface area contributed by atoms with E-state index in [1.165, 1.54) is 19.3 Å². The summed E-state index contributed by atoms with van der Waals surface area (Å²) < 4.78 is 5.42. The van der Waals surface area contributed by atoms with Gasteiger partial charge in [0, 0.05) is 11.6 Å². The van der Waals surface area contributed by atoms with Crippen LogP contribution in [0.15, 0.2) is 18.2 Å². The number of hydrogen-bond donors (Lipinski definition) is 2. The van der Waals surface area contributed by atoms with Crippen LogP contribution in [0.3, 0.4) is 0 Å². The molecule has 0 fully saturated rings. The first-order chi connectivity index (χ1) is 9.63. The van der Waals surface area contributed by atoms with E-state index in [0.29, 0.717) is 36.0 Å². The van der Waals surface area contributed by atoms with Crippen molar-refractivity contribution in [2.45, 2.75) is 39.0 Å². The van der Waals surface area contributed by atoms with E-state index in [2.05, 4.69) is 12.2 Å². The Morgan fingerprint density at radius 3 is 2.85 bits per heavy atom. The molecule has 1 aromatic rings. The summed E-state index contributed by atoms with van der Waals surface area (Å²) in [6.07, 6.45) is 5.00. The average molecular weight is 299 g/mol. The summed E-state index contributed by atoms with van der Waals surface area (Å²) in [5, 5.41) is 3.28. The maximum atomic E-state index is 11.7. The smallest absolute Gasteiger partial charge is 0.226 e. The van der Waals surface area contributed by atoms with Gasteiger partial charge in [-0.25, -0.2) is 0 Å². The third-order valence-corrected chi connectivity index (χ3v) is 3.14. The van der Waals surface area contributed by atoms with Gasteiger partial charge in [-0.1, -0.05) is 37.8 Å². The first kappa shape index (κ1) is 16.8. The van der Waals surface area contributed by atoms with Crippen molar-refractivity contribution in [3.8, 4) is 0 Å². The van der Waals surface area contributed by atoms with Crippen molar-refractivity contribution in [2.75, 3.05) is 24.3 Å². The van der Waals surface area contributed by atoms with E-state index in [1.807, 2.05) is 0 Å². The number of halogens is 1. The minimum absolute atomic E-state index is 0.118. The Bertz CT molecular complexity index is 424. The van der Waals surface area contributed by atoms with E-state index in [0.717, 1.165) is 6.42 Å². The minimum Gasteiger partial charge on any atom is -0.397 e. The Morgan fingerprint density at radius 2 is 2.10 bits per heavy atom. The Hall–Kier alpha value is -1.26. The number of amides is 1. The summed E-state index contributed by atoms with van der Waals surface area (Å²) in [6.45, 7) is 3.32. The van der Waals surface area contributed by atoms with Gasteiger partial charge in [-0.05, 0) is 24.6 Å². The fourth-order valence-electron chi connectivity index (χ4n) is 1.75. The normalized spacial score (nSPS) is 10.5. The molecular formula is C15H23ClN2O2. The van der Waals surface area contributed by atoms with Crippen molar-refractivity contribution < 1.29 is 9.53 Å². The van der Waals surface area contributed by atoms with E-state index in [-0.39, 0.29) is 5.91 Å². The topological polar surface area (TPSA) is 64.3 Å². The van der Waals surface area contributed by atoms with Gasteiger partial charge in [0.05, 0.1) is 24.4 Å². The van der Waals surface area contributed by atoms with E-state index in [1.54, 1.807) is 18.2 Å². The zero-order valence-corrected chi connectivity index (χ0v) is 12.7. The number of hydrogen-bond acceptors (Lipinski definition) is 3. The predicted octanol–water partition coefficient (Wildman–Crippen LogP) is 3.85. The van der Waals surface area contributed by atoms with Crippen LogP contribution in [0, 0.1) is 0 Å². The molecule has 0 saturated carbocycles. The van der Waals surface area contributed by atoms with Crippen molar-refractivity contribution in [2.24, 2.45) is 0 Å². The Kier molecular flexibility index (Phi) is 8.07. The number of ether oxygens (including phenoxy) is 1. The standard InChI is InChI=1S/C15H23ClN2O2/c1-2-3-4-5-9-20-10-8-15(19)18-14-11-12(16)6-7-13(14)17/h6-7,11H,2-5,8-10,17H2,1H3,(H,18,19). The molecule has 3 N–H and O–H groups in total. The van der Waals surface area contributed by atoms with Gasteiger partial charge in [0.15, 0.2) is 0 Å². The zero-order valence-electron chi connectivity index (χ0n) is 12.0. The SMILES string of the molecule is CCCCCCOCCC(=O)Nc1cc(Cl)ccc1N. The average Bonchev–Trinajstić information content (AvgIpc) is 2.42. The number of rotatable bonds is 9. The number of nitrogens with one attached hydrogen (secondary N) is 1. The number of carbonyl (C=O) groups is 1. The highest BCUT2D eigenvalue weighted by Gasteiger charge is 2.05. The van der Waals surface area contributed by atoms with Gasteiger partial charge in [-0.15, -0.1) is 0 Å². The van der Waals surface area contributed by atoms with Crippen molar-refractivity contribution in [3.63, 3.8) is 0 Å². The molecular weight excluding hydrogens is 276 g/mol. The molecule has 1 rings (SSSR count). The largest absolute Gasteiger partial charge is 0.397 e. The summed E-state index contributed by atoms with van der Waals surface area (Å²) in [6, 6.07) is 4.99. The van der Waals surface area contributed by atoms with Gasteiger partial charge in [0.2, 0.25) is 5.91 Å². The van der Waals surface area contributed by atoms with Crippen molar-refractivity contribution >= 4 is 28.9 Å². The van der Waals surface area contributed by atoms with Crippen LogP contribution in [-0.2, 0) is 9.53 Å². The van der Waals surface area contributed by atoms with Gasteiger partial charge >= 0.3 is 0 Å². The molecule has 4 nitrogen and oxygen atoms in total. The lowest BCUT2D eigenvalue weighted by Crippen LogP contribution is -2.15. The predicted molar refractivity (Wildman–Crippen MR) is 84.1 cm³/mol. The van der Waals surface area contributed by atoms with Crippen molar-refractivity contribution in [3.05, 3.63) is 23.2 Å². The number of anilines is 2. The summed E-state index contributed by atoms with van der Waals surface area (Å²) in [5.74, 6) is -0.118. The molecule has 0 radical (unpaired) electrons. The first-order valence-corrected chi connectivity index (χ1v) is 7.44. The van der Waals surface area contributed by atoms with Crippen LogP contribution in [0.4, 0.5) is 11.4 Å². The Labute approximate surface area is 125 Å². The number of nitrogens with two attached hydrogens (primary N) is 1. The fourth-order valence-corrected chi connectivity index (χ4v) is 1.92. The van der Waals surface area contributed by atoms with E-state index in [4.69, 9.17) is 22.1 Å². The molecule has 0 heterocycles. The summed E-state index contributed by atoms with van der Waals surface area (Å²) in [7, 11) is 0. The third-order valence-electron chi connectivity index (χ3n) is 2.91. The van der Waals surface area contributed by atoms with E-state index in [9.17, 15) is 4.79 Å². The lowest BCUT2D eigenvalue weighted by atomic mass is 10.2. The molecule has 0 saturated heterocycles. The molecule has 1 aromatic carbocycles. The number of benzene rings is 1. The van der Waals surface area contributed by atoms with E-state index < -0.39 is 0 Å². The second-order valence-electron chi connectivity index (χ2n) is 4.70. The summed E-state index contributed by atoms with van der Waals surface area (Å²) in [5.41, 5.74) is 6.81. The van der Waals surface area contributed by atoms with Crippen LogP contribution in [0.2, 0.25) is 5.02 Å². The zero-order chi connectivity index (χ0) is 14.8. The Balaban J connectivity index is 2.19. The maximum Gasteiger partial charge on any atom is 0.226 e. The van der Waals surface area contributed by atoms with Crippen molar-refractivity contribution in [1.29, 1.82) is 0 Å². The molecule has 0 unspecified atom stereocenters. The van der Waals surface area contributed by atoms with Gasteiger partial charge in [0.25, 0.3) is 0 Å². The molecule has 0 aromatic heterocycles. The quantitative estimate of drug-likeness (QED) is 0.537. The lowest BCUT2D eigenvalue weighted by Gasteiger charge is -2.09. The molecule has 1 amide bonds. The molecule has 0 atom stereocenters. The summed E-state index contributed by atoms with van der Waals surface area (Å²) >= 11 is 5.86. The molecule has 0 aliphatic rings. The van der Waals surface area contributed by atoms with Crippen LogP contribution in [0.25, 0.3) is 0 Å². The second kappa shape index (κ2) is 9.61. The highest BCUT2D eigenvalue weighted by molar-refractivity contribution is 6.31. The Morgan fingerprint density at radius 1 is 1.30 bits per heavy atom. The number of unbranched alkanes of at least 4 members (excludes halogenated alkanes) is 3. The van der Waals surface area contributed by atoms with Crippen molar-refractivity contribution in [1.82, 2.24) is 0 Å². The summed E-state index contributed by atoms with van der Waals surface area (Å²) in [4.78, 5) is 11.7. The van der Waals surface area contributed by atoms with Gasteiger partial charge in [-0.3, -0.25) is 4.79 Å². The van der Waals surface area contributed by atoms with Crippen LogP contribution in [0.5, 0.6) is 0 Å². The molecule has 0 aliphatic heterocycles. The molecule has 20 heavy (non-hydrogen) atoms. The monoisotopic (exact) mass is 298 g/mol. The van der Waals surface area contributed by atoms with Gasteiger partial charge in [0.1, 0.15) is 0 Å². The van der Waals surface area contributed by atoms with Gasteiger partial charge < -0.3 is 15.8 Å². The molecule has 0 bridgehead atoms. The maximum absolute atomic E-state index is 11.7. The number of nitrogen functional groups attached to an aromatic ring is 1. The third kappa shape index (κ3) is 6.78. The highest BCUT2D eigenvalue weighted by Crippen LogP contribution is 2.22. The first-order valence-electron chi connectivity index (χ1n) is 7.06.